The average molecular weight is 219 g/mol. The van der Waals surface area contributed by atoms with Gasteiger partial charge in [-0.3, -0.25) is 9.59 Å². The summed E-state index contributed by atoms with van der Waals surface area (Å²) in [6.45, 7) is 5.74. The fraction of sp³-hybridized carbons (Fsp3) is 0.800. The predicted molar refractivity (Wildman–Crippen MR) is 57.6 cm³/mol. The predicted octanol–water partition coefficient (Wildman–Crippen LogP) is 1.32. The SMILES string of the molecule is CC(C)CC(N)C(=O)O.CCCC(=O)O. The summed E-state index contributed by atoms with van der Waals surface area (Å²) in [4.78, 5) is 19.7. The Hall–Kier alpha value is -1.10. The van der Waals surface area contributed by atoms with Crippen molar-refractivity contribution >= 4 is 11.9 Å². The Balaban J connectivity index is 0. The molecule has 5 heteroatoms. The minimum absolute atomic E-state index is 0.292. The van der Waals surface area contributed by atoms with Crippen LogP contribution in [0.3, 0.4) is 0 Å². The van der Waals surface area contributed by atoms with Crippen LogP contribution in [-0.2, 0) is 9.59 Å². The minimum atomic E-state index is -0.913. The topological polar surface area (TPSA) is 101 Å². The minimum Gasteiger partial charge on any atom is -0.481 e. The van der Waals surface area contributed by atoms with Gasteiger partial charge in [-0.25, -0.2) is 0 Å². The van der Waals surface area contributed by atoms with Crippen LogP contribution in [0, 0.1) is 5.92 Å². The van der Waals surface area contributed by atoms with Crippen molar-refractivity contribution in [2.24, 2.45) is 11.7 Å². The molecule has 0 radical (unpaired) electrons. The first kappa shape index (κ1) is 16.3. The van der Waals surface area contributed by atoms with Crippen molar-refractivity contribution in [1.82, 2.24) is 0 Å². The van der Waals surface area contributed by atoms with Crippen LogP contribution >= 0.6 is 0 Å². The van der Waals surface area contributed by atoms with Gasteiger partial charge in [-0.1, -0.05) is 20.8 Å². The lowest BCUT2D eigenvalue weighted by molar-refractivity contribution is -0.139. The molecule has 0 fully saturated rings. The third kappa shape index (κ3) is 15.6. The second kappa shape index (κ2) is 9.45. The molecule has 0 saturated heterocycles. The van der Waals surface area contributed by atoms with Gasteiger partial charge in [0.05, 0.1) is 0 Å². The molecule has 0 spiro atoms. The molecule has 4 N–H and O–H groups in total. The van der Waals surface area contributed by atoms with Crippen molar-refractivity contribution in [3.05, 3.63) is 0 Å². The molecule has 0 saturated carbocycles. The Bertz CT molecular complexity index is 192. The molecule has 0 heterocycles. The van der Waals surface area contributed by atoms with Crippen molar-refractivity contribution < 1.29 is 19.8 Å². The van der Waals surface area contributed by atoms with Crippen LogP contribution in [0.25, 0.3) is 0 Å². The first-order chi connectivity index (χ1) is 6.81. The van der Waals surface area contributed by atoms with E-state index >= 15 is 0 Å². The zero-order valence-electron chi connectivity index (χ0n) is 9.56. The number of carboxylic acid groups (broad SMARTS) is 2. The highest BCUT2D eigenvalue weighted by Gasteiger charge is 2.11. The number of carboxylic acids is 2. The quantitative estimate of drug-likeness (QED) is 0.647. The number of hydrogen-bond donors (Lipinski definition) is 3. The maximum atomic E-state index is 10.1. The molecular weight excluding hydrogens is 198 g/mol. The summed E-state index contributed by atoms with van der Waals surface area (Å²) in [6.07, 6.45) is 1.57. The van der Waals surface area contributed by atoms with Gasteiger partial charge in [0.15, 0.2) is 0 Å². The van der Waals surface area contributed by atoms with E-state index in [9.17, 15) is 9.59 Å². The normalized spacial score (nSPS) is 11.5. The van der Waals surface area contributed by atoms with E-state index < -0.39 is 18.0 Å². The number of aliphatic carboxylic acids is 2. The van der Waals surface area contributed by atoms with E-state index in [1.807, 2.05) is 20.8 Å². The summed E-state index contributed by atoms with van der Waals surface area (Å²) >= 11 is 0. The monoisotopic (exact) mass is 219 g/mol. The standard InChI is InChI=1S/C6H13NO2.C4H8O2/c1-4(2)3-5(7)6(8)9;1-2-3-4(5)6/h4-5H,3,7H2,1-2H3,(H,8,9);2-3H2,1H3,(H,5,6). The summed E-state index contributed by atoms with van der Waals surface area (Å²) in [5.74, 6) is -1.27. The number of carbonyl (C=O) groups is 2. The van der Waals surface area contributed by atoms with Gasteiger partial charge in [-0.2, -0.15) is 0 Å². The Labute approximate surface area is 90.3 Å². The highest BCUT2D eigenvalue weighted by atomic mass is 16.4. The Kier molecular flexibility index (Phi) is 10.3. The summed E-state index contributed by atoms with van der Waals surface area (Å²) in [6, 6.07) is -0.690. The van der Waals surface area contributed by atoms with Crippen molar-refractivity contribution in [2.75, 3.05) is 0 Å². The second-order valence-corrected chi connectivity index (χ2v) is 3.72. The number of hydrogen-bond acceptors (Lipinski definition) is 3. The Morgan fingerprint density at radius 2 is 1.73 bits per heavy atom. The second-order valence-electron chi connectivity index (χ2n) is 3.72. The van der Waals surface area contributed by atoms with Crippen LogP contribution in [0.1, 0.15) is 40.0 Å². The third-order valence-electron chi connectivity index (χ3n) is 1.51. The Morgan fingerprint density at radius 3 is 1.80 bits per heavy atom. The smallest absolute Gasteiger partial charge is 0.320 e. The molecule has 1 atom stereocenters. The Morgan fingerprint density at radius 1 is 1.27 bits per heavy atom. The molecule has 0 aliphatic rings. The highest BCUT2D eigenvalue weighted by Crippen LogP contribution is 2.01. The van der Waals surface area contributed by atoms with Crippen LogP contribution < -0.4 is 5.73 Å². The molecule has 15 heavy (non-hydrogen) atoms. The maximum absolute atomic E-state index is 10.1. The summed E-state index contributed by atoms with van der Waals surface area (Å²) in [5, 5.41) is 16.2. The zero-order chi connectivity index (χ0) is 12.4. The van der Waals surface area contributed by atoms with Crippen molar-refractivity contribution in [1.29, 1.82) is 0 Å². The van der Waals surface area contributed by atoms with Crippen molar-refractivity contribution in [3.63, 3.8) is 0 Å². The number of rotatable bonds is 5. The third-order valence-corrected chi connectivity index (χ3v) is 1.51. The average Bonchev–Trinajstić information content (AvgIpc) is 2.03. The van der Waals surface area contributed by atoms with Crippen LogP contribution in [0.2, 0.25) is 0 Å². The lowest BCUT2D eigenvalue weighted by Gasteiger charge is -2.07. The highest BCUT2D eigenvalue weighted by molar-refractivity contribution is 5.72. The van der Waals surface area contributed by atoms with Gasteiger partial charge in [0, 0.05) is 6.42 Å². The summed E-state index contributed by atoms with van der Waals surface area (Å²) in [5.41, 5.74) is 5.22. The molecule has 1 unspecified atom stereocenters. The first-order valence-corrected chi connectivity index (χ1v) is 5.01. The lowest BCUT2D eigenvalue weighted by atomic mass is 10.1. The van der Waals surface area contributed by atoms with Gasteiger partial charge in [0.1, 0.15) is 6.04 Å². The number of nitrogens with two attached hydrogens (primary N) is 1. The van der Waals surface area contributed by atoms with Gasteiger partial charge in [-0.15, -0.1) is 0 Å². The molecule has 0 aliphatic heterocycles. The van der Waals surface area contributed by atoms with E-state index in [4.69, 9.17) is 15.9 Å². The fourth-order valence-corrected chi connectivity index (χ4v) is 0.823. The molecule has 0 rings (SSSR count). The molecule has 0 aromatic heterocycles. The van der Waals surface area contributed by atoms with E-state index in [0.717, 1.165) is 6.42 Å². The summed E-state index contributed by atoms with van der Waals surface area (Å²) in [7, 11) is 0. The van der Waals surface area contributed by atoms with E-state index in [1.165, 1.54) is 0 Å². The van der Waals surface area contributed by atoms with Gasteiger partial charge in [0.25, 0.3) is 0 Å². The fourth-order valence-electron chi connectivity index (χ4n) is 0.823. The molecular formula is C10H21NO4. The van der Waals surface area contributed by atoms with Crippen LogP contribution in [-0.4, -0.2) is 28.2 Å². The van der Waals surface area contributed by atoms with E-state index in [2.05, 4.69) is 0 Å². The van der Waals surface area contributed by atoms with Crippen molar-refractivity contribution in [3.8, 4) is 0 Å². The zero-order valence-corrected chi connectivity index (χ0v) is 9.56. The maximum Gasteiger partial charge on any atom is 0.320 e. The molecule has 0 aromatic carbocycles. The largest absolute Gasteiger partial charge is 0.481 e. The molecule has 90 valence electrons. The molecule has 0 amide bonds. The van der Waals surface area contributed by atoms with E-state index in [1.54, 1.807) is 0 Å². The molecule has 0 bridgehead atoms. The van der Waals surface area contributed by atoms with Gasteiger partial charge in [-0.05, 0) is 18.8 Å². The van der Waals surface area contributed by atoms with Crippen LogP contribution in [0.15, 0.2) is 0 Å². The molecule has 0 aromatic rings. The van der Waals surface area contributed by atoms with Gasteiger partial charge < -0.3 is 15.9 Å². The van der Waals surface area contributed by atoms with E-state index in [-0.39, 0.29) is 0 Å². The molecule has 5 nitrogen and oxygen atoms in total. The van der Waals surface area contributed by atoms with Crippen LogP contribution in [0.4, 0.5) is 0 Å². The van der Waals surface area contributed by atoms with Crippen LogP contribution in [0.5, 0.6) is 0 Å². The van der Waals surface area contributed by atoms with Gasteiger partial charge >= 0.3 is 11.9 Å². The lowest BCUT2D eigenvalue weighted by Crippen LogP contribution is -2.31. The first-order valence-electron chi connectivity index (χ1n) is 5.01. The van der Waals surface area contributed by atoms with E-state index in [0.29, 0.717) is 18.8 Å². The van der Waals surface area contributed by atoms with Gasteiger partial charge in [0.2, 0.25) is 0 Å². The molecule has 0 aliphatic carbocycles. The summed E-state index contributed by atoms with van der Waals surface area (Å²) < 4.78 is 0. The van der Waals surface area contributed by atoms with Crippen molar-refractivity contribution in [2.45, 2.75) is 46.1 Å².